The molecule has 0 aliphatic carbocycles. The molecule has 0 saturated carbocycles. The van der Waals surface area contributed by atoms with E-state index in [0.717, 1.165) is 45.0 Å². The molecule has 0 bridgehead atoms. The molecule has 1 fully saturated rings. The molecule has 7 heteroatoms. The fraction of sp³-hybridized carbons (Fsp3) is 0.524. The van der Waals surface area contributed by atoms with E-state index in [1.54, 1.807) is 0 Å². The highest BCUT2D eigenvalue weighted by Gasteiger charge is 2.27. The minimum Gasteiger partial charge on any atom is -0.373 e. The summed E-state index contributed by atoms with van der Waals surface area (Å²) in [7, 11) is 1.81. The zero-order valence-corrected chi connectivity index (χ0v) is 19.3. The van der Waals surface area contributed by atoms with Gasteiger partial charge in [0.05, 0.1) is 18.8 Å². The van der Waals surface area contributed by atoms with Gasteiger partial charge in [-0.25, -0.2) is 0 Å². The van der Waals surface area contributed by atoms with Crippen LogP contribution in [0.1, 0.15) is 35.6 Å². The number of nitrogens with zero attached hydrogens (tertiary/aromatic N) is 3. The number of rotatable bonds is 6. The Balaban J connectivity index is 0.00000280. The Morgan fingerprint density at radius 2 is 2.00 bits per heavy atom. The van der Waals surface area contributed by atoms with Crippen LogP contribution >= 0.6 is 24.0 Å². The van der Waals surface area contributed by atoms with Crippen molar-refractivity contribution in [3.8, 4) is 0 Å². The van der Waals surface area contributed by atoms with Gasteiger partial charge in [-0.3, -0.25) is 9.67 Å². The summed E-state index contributed by atoms with van der Waals surface area (Å²) in [4.78, 5) is 4.34. The van der Waals surface area contributed by atoms with Gasteiger partial charge < -0.3 is 15.4 Å². The van der Waals surface area contributed by atoms with Gasteiger partial charge in [-0.1, -0.05) is 29.8 Å². The summed E-state index contributed by atoms with van der Waals surface area (Å²) in [6.07, 6.45) is 6.34. The largest absolute Gasteiger partial charge is 0.373 e. The molecular weight excluding hydrogens is 465 g/mol. The SMILES string of the molecule is CN=C(NCCn1cc(C)cn1)NCC1CCCOC1c1ccc(C)cc1.I. The molecule has 2 N–H and O–H groups in total. The monoisotopic (exact) mass is 497 g/mol. The van der Waals surface area contributed by atoms with Crippen LogP contribution in [0.15, 0.2) is 41.7 Å². The average Bonchev–Trinajstić information content (AvgIpc) is 3.10. The van der Waals surface area contributed by atoms with Gasteiger partial charge in [-0.15, -0.1) is 24.0 Å². The average molecular weight is 497 g/mol. The van der Waals surface area contributed by atoms with Crippen LogP contribution < -0.4 is 10.6 Å². The first kappa shape index (κ1) is 22.7. The standard InChI is InChI=1S/C21H31N5O.HI/c1-16-6-8-18(9-7-16)20-19(5-4-12-27-20)14-24-21(22-3)23-10-11-26-15-17(2)13-25-26;/h6-9,13,15,19-20H,4-5,10-12,14H2,1-3H3,(H2,22,23,24);1H. The second-order valence-corrected chi connectivity index (χ2v) is 7.27. The quantitative estimate of drug-likeness (QED) is 0.365. The summed E-state index contributed by atoms with van der Waals surface area (Å²) in [6, 6.07) is 8.71. The fourth-order valence-corrected chi connectivity index (χ4v) is 3.50. The van der Waals surface area contributed by atoms with Gasteiger partial charge in [0.1, 0.15) is 0 Å². The Kier molecular flexibility index (Phi) is 9.24. The van der Waals surface area contributed by atoms with E-state index < -0.39 is 0 Å². The van der Waals surface area contributed by atoms with Gasteiger partial charge in [0.25, 0.3) is 0 Å². The highest BCUT2D eigenvalue weighted by molar-refractivity contribution is 14.0. The zero-order valence-electron chi connectivity index (χ0n) is 17.0. The van der Waals surface area contributed by atoms with Crippen LogP contribution in [-0.2, 0) is 11.3 Å². The molecule has 154 valence electrons. The molecule has 1 aromatic carbocycles. The predicted octanol–water partition coefficient (Wildman–Crippen LogP) is 3.45. The first-order valence-electron chi connectivity index (χ1n) is 9.77. The Morgan fingerprint density at radius 3 is 2.68 bits per heavy atom. The number of guanidine groups is 1. The van der Waals surface area contributed by atoms with Crippen LogP contribution in [0.3, 0.4) is 0 Å². The smallest absolute Gasteiger partial charge is 0.191 e. The first-order valence-corrected chi connectivity index (χ1v) is 9.77. The van der Waals surface area contributed by atoms with E-state index in [1.807, 2.05) is 31.0 Å². The molecule has 28 heavy (non-hydrogen) atoms. The van der Waals surface area contributed by atoms with Gasteiger partial charge in [-0.2, -0.15) is 5.10 Å². The third-order valence-corrected chi connectivity index (χ3v) is 5.00. The number of nitrogens with one attached hydrogen (secondary N) is 2. The van der Waals surface area contributed by atoms with Crippen molar-refractivity contribution in [1.29, 1.82) is 0 Å². The highest BCUT2D eigenvalue weighted by Crippen LogP contribution is 2.33. The van der Waals surface area contributed by atoms with Gasteiger partial charge in [0, 0.05) is 38.9 Å². The minimum absolute atomic E-state index is 0. The Bertz CT molecular complexity index is 744. The van der Waals surface area contributed by atoms with E-state index in [2.05, 4.69) is 51.9 Å². The van der Waals surface area contributed by atoms with Crippen LogP contribution in [-0.4, -0.2) is 42.5 Å². The number of hydrogen-bond acceptors (Lipinski definition) is 3. The van der Waals surface area contributed by atoms with E-state index in [-0.39, 0.29) is 30.1 Å². The van der Waals surface area contributed by atoms with Gasteiger partial charge in [0.2, 0.25) is 0 Å². The molecule has 2 aromatic rings. The molecule has 1 aromatic heterocycles. The summed E-state index contributed by atoms with van der Waals surface area (Å²) in [5.74, 6) is 1.26. The second kappa shape index (κ2) is 11.4. The molecule has 0 spiro atoms. The zero-order chi connectivity index (χ0) is 19.1. The molecule has 2 unspecified atom stereocenters. The molecular formula is C21H32IN5O. The van der Waals surface area contributed by atoms with Crippen LogP contribution in [0, 0.1) is 19.8 Å². The number of halogens is 1. The van der Waals surface area contributed by atoms with Gasteiger partial charge >= 0.3 is 0 Å². The lowest BCUT2D eigenvalue weighted by Crippen LogP contribution is -2.42. The summed E-state index contributed by atoms with van der Waals surface area (Å²) < 4.78 is 8.05. The summed E-state index contributed by atoms with van der Waals surface area (Å²) in [6.45, 7) is 7.44. The maximum absolute atomic E-state index is 6.11. The maximum atomic E-state index is 6.11. The molecule has 1 saturated heterocycles. The lowest BCUT2D eigenvalue weighted by atomic mass is 9.89. The molecule has 1 aliphatic heterocycles. The van der Waals surface area contributed by atoms with Crippen molar-refractivity contribution in [2.24, 2.45) is 10.9 Å². The summed E-state index contributed by atoms with van der Waals surface area (Å²) in [5.41, 5.74) is 3.72. The van der Waals surface area contributed by atoms with E-state index in [9.17, 15) is 0 Å². The molecule has 2 heterocycles. The molecule has 1 aliphatic rings. The lowest BCUT2D eigenvalue weighted by molar-refractivity contribution is -0.0265. The summed E-state index contributed by atoms with van der Waals surface area (Å²) >= 11 is 0. The van der Waals surface area contributed by atoms with E-state index in [4.69, 9.17) is 4.74 Å². The van der Waals surface area contributed by atoms with Gasteiger partial charge in [0.15, 0.2) is 5.96 Å². The normalized spacial score (nSPS) is 19.8. The summed E-state index contributed by atoms with van der Waals surface area (Å²) in [5, 5.41) is 11.1. The Hall–Kier alpha value is -1.61. The Morgan fingerprint density at radius 1 is 1.21 bits per heavy atom. The number of aliphatic imine (C=N–C) groups is 1. The molecule has 0 radical (unpaired) electrons. The van der Waals surface area contributed by atoms with Crippen molar-refractivity contribution in [1.82, 2.24) is 20.4 Å². The predicted molar refractivity (Wildman–Crippen MR) is 124 cm³/mol. The topological polar surface area (TPSA) is 63.5 Å². The number of benzene rings is 1. The maximum Gasteiger partial charge on any atom is 0.191 e. The number of aromatic nitrogens is 2. The van der Waals surface area contributed by atoms with E-state index >= 15 is 0 Å². The van der Waals surface area contributed by atoms with Crippen LogP contribution in [0.2, 0.25) is 0 Å². The lowest BCUT2D eigenvalue weighted by Gasteiger charge is -2.32. The van der Waals surface area contributed by atoms with E-state index in [0.29, 0.717) is 5.92 Å². The van der Waals surface area contributed by atoms with Crippen molar-refractivity contribution in [2.75, 3.05) is 26.7 Å². The van der Waals surface area contributed by atoms with Crippen molar-refractivity contribution >= 4 is 29.9 Å². The molecule has 3 rings (SSSR count). The number of ether oxygens (including phenoxy) is 1. The van der Waals surface area contributed by atoms with Crippen LogP contribution in [0.5, 0.6) is 0 Å². The first-order chi connectivity index (χ1) is 13.2. The van der Waals surface area contributed by atoms with Crippen molar-refractivity contribution in [3.05, 3.63) is 53.3 Å². The van der Waals surface area contributed by atoms with Crippen molar-refractivity contribution < 1.29 is 4.74 Å². The third kappa shape index (κ3) is 6.48. The van der Waals surface area contributed by atoms with Crippen LogP contribution in [0.4, 0.5) is 0 Å². The van der Waals surface area contributed by atoms with Crippen LogP contribution in [0.25, 0.3) is 0 Å². The molecule has 2 atom stereocenters. The third-order valence-electron chi connectivity index (χ3n) is 5.00. The molecule has 6 nitrogen and oxygen atoms in total. The highest BCUT2D eigenvalue weighted by atomic mass is 127. The molecule has 0 amide bonds. The second-order valence-electron chi connectivity index (χ2n) is 7.27. The fourth-order valence-electron chi connectivity index (χ4n) is 3.50. The van der Waals surface area contributed by atoms with Crippen molar-refractivity contribution in [3.63, 3.8) is 0 Å². The van der Waals surface area contributed by atoms with Gasteiger partial charge in [-0.05, 0) is 37.8 Å². The minimum atomic E-state index is 0. The number of hydrogen-bond donors (Lipinski definition) is 2. The Labute approximate surface area is 185 Å². The van der Waals surface area contributed by atoms with Crippen molar-refractivity contribution in [2.45, 2.75) is 39.3 Å². The number of aryl methyl sites for hydroxylation is 2. The van der Waals surface area contributed by atoms with E-state index in [1.165, 1.54) is 16.7 Å².